The molecule has 0 fully saturated rings. The smallest absolute Gasteiger partial charge is 0.328 e. The molecule has 0 saturated heterocycles. The number of amides is 1. The molecule has 0 bridgehead atoms. The number of nitrogens with one attached hydrogen (secondary N) is 1. The highest BCUT2D eigenvalue weighted by Gasteiger charge is 2.23. The predicted octanol–water partition coefficient (Wildman–Crippen LogP) is 3.74. The van der Waals surface area contributed by atoms with E-state index in [0.29, 0.717) is 5.69 Å². The first-order valence-electron chi connectivity index (χ1n) is 9.31. The maximum Gasteiger partial charge on any atom is 0.328 e. The van der Waals surface area contributed by atoms with Crippen molar-refractivity contribution in [3.05, 3.63) is 76.1 Å². The van der Waals surface area contributed by atoms with Crippen molar-refractivity contribution >= 4 is 35.0 Å². The SMILES string of the molecule is Cc1nn(CC(=O)OCC(=O)Nc2ccccc2Sc2ccccc2)c(C)c1[N+](=O)[O-]. The van der Waals surface area contributed by atoms with Crippen LogP contribution in [0.15, 0.2) is 64.4 Å². The normalized spacial score (nSPS) is 10.5. The fraction of sp³-hybridized carbons (Fsp3) is 0.190. The number of hydrogen-bond donors (Lipinski definition) is 1. The average molecular weight is 440 g/mol. The standard InChI is InChI=1S/C21H20N4O5S/c1-14-21(25(28)29)15(2)24(23-14)12-20(27)30-13-19(26)22-17-10-6-7-11-18(17)31-16-8-4-3-5-9-16/h3-11H,12-13H2,1-2H3,(H,22,26). The highest BCUT2D eigenvalue weighted by atomic mass is 32.2. The molecule has 160 valence electrons. The molecule has 31 heavy (non-hydrogen) atoms. The topological polar surface area (TPSA) is 116 Å². The quantitative estimate of drug-likeness (QED) is 0.322. The summed E-state index contributed by atoms with van der Waals surface area (Å²) in [6, 6.07) is 17.0. The third kappa shape index (κ3) is 5.70. The lowest BCUT2D eigenvalue weighted by molar-refractivity contribution is -0.386. The molecule has 0 aliphatic rings. The zero-order valence-corrected chi connectivity index (χ0v) is 17.7. The van der Waals surface area contributed by atoms with E-state index in [-0.39, 0.29) is 23.6 Å². The van der Waals surface area contributed by atoms with Crippen molar-refractivity contribution in [2.45, 2.75) is 30.2 Å². The summed E-state index contributed by atoms with van der Waals surface area (Å²) < 4.78 is 6.21. The number of nitro groups is 1. The van der Waals surface area contributed by atoms with Gasteiger partial charge < -0.3 is 10.1 Å². The summed E-state index contributed by atoms with van der Waals surface area (Å²) in [5.74, 6) is -1.21. The number of ether oxygens (including phenoxy) is 1. The maximum absolute atomic E-state index is 12.3. The van der Waals surface area contributed by atoms with E-state index in [1.54, 1.807) is 12.1 Å². The van der Waals surface area contributed by atoms with Gasteiger partial charge in [0.1, 0.15) is 17.9 Å². The van der Waals surface area contributed by atoms with Gasteiger partial charge in [-0.25, -0.2) is 0 Å². The van der Waals surface area contributed by atoms with Gasteiger partial charge in [0.2, 0.25) is 0 Å². The van der Waals surface area contributed by atoms with E-state index in [1.165, 1.54) is 30.3 Å². The van der Waals surface area contributed by atoms with Crippen LogP contribution in [0.1, 0.15) is 11.4 Å². The first kappa shape index (κ1) is 22.0. The summed E-state index contributed by atoms with van der Waals surface area (Å²) in [5, 5.41) is 17.8. The van der Waals surface area contributed by atoms with Crippen LogP contribution in [-0.4, -0.2) is 33.2 Å². The van der Waals surface area contributed by atoms with Gasteiger partial charge in [-0.2, -0.15) is 5.10 Å². The van der Waals surface area contributed by atoms with Crippen molar-refractivity contribution in [3.63, 3.8) is 0 Å². The first-order valence-corrected chi connectivity index (χ1v) is 10.1. The van der Waals surface area contributed by atoms with Gasteiger partial charge in [-0.05, 0) is 38.1 Å². The van der Waals surface area contributed by atoms with E-state index >= 15 is 0 Å². The number of para-hydroxylation sites is 1. The van der Waals surface area contributed by atoms with Crippen molar-refractivity contribution < 1.29 is 19.2 Å². The molecular formula is C21H20N4O5S. The molecule has 3 rings (SSSR count). The van der Waals surface area contributed by atoms with Gasteiger partial charge in [-0.3, -0.25) is 24.4 Å². The number of rotatable bonds is 8. The summed E-state index contributed by atoms with van der Waals surface area (Å²) in [5.41, 5.74) is 0.918. The lowest BCUT2D eigenvalue weighted by Crippen LogP contribution is -2.23. The van der Waals surface area contributed by atoms with E-state index in [1.807, 2.05) is 42.5 Å². The van der Waals surface area contributed by atoms with E-state index < -0.39 is 23.4 Å². The summed E-state index contributed by atoms with van der Waals surface area (Å²) in [6.07, 6.45) is 0. The Bertz CT molecular complexity index is 1110. The van der Waals surface area contributed by atoms with Crippen molar-refractivity contribution in [1.82, 2.24) is 9.78 Å². The Morgan fingerprint density at radius 1 is 1.13 bits per heavy atom. The Balaban J connectivity index is 1.57. The molecule has 0 radical (unpaired) electrons. The number of carbonyl (C=O) groups excluding carboxylic acids is 2. The monoisotopic (exact) mass is 440 g/mol. The van der Waals surface area contributed by atoms with Crippen LogP contribution < -0.4 is 5.32 Å². The van der Waals surface area contributed by atoms with Crippen LogP contribution in [0.4, 0.5) is 11.4 Å². The van der Waals surface area contributed by atoms with Gasteiger partial charge in [0.25, 0.3) is 5.91 Å². The van der Waals surface area contributed by atoms with Crippen LogP contribution >= 0.6 is 11.8 Å². The van der Waals surface area contributed by atoms with Crippen molar-refractivity contribution in [1.29, 1.82) is 0 Å². The number of esters is 1. The zero-order valence-electron chi connectivity index (χ0n) is 16.9. The van der Waals surface area contributed by atoms with Crippen LogP contribution in [0, 0.1) is 24.0 Å². The van der Waals surface area contributed by atoms with Gasteiger partial charge in [0.15, 0.2) is 6.61 Å². The van der Waals surface area contributed by atoms with E-state index in [4.69, 9.17) is 4.74 Å². The first-order chi connectivity index (χ1) is 14.8. The molecule has 9 nitrogen and oxygen atoms in total. The van der Waals surface area contributed by atoms with Crippen LogP contribution in [-0.2, 0) is 20.9 Å². The molecule has 0 saturated carbocycles. The third-order valence-corrected chi connectivity index (χ3v) is 5.38. The number of anilines is 1. The molecule has 0 unspecified atom stereocenters. The Kier molecular flexibility index (Phi) is 7.03. The average Bonchev–Trinajstić information content (AvgIpc) is 3.01. The number of nitrogens with zero attached hydrogens (tertiary/aromatic N) is 3. The molecule has 0 atom stereocenters. The third-order valence-electron chi connectivity index (χ3n) is 4.30. The maximum atomic E-state index is 12.3. The summed E-state index contributed by atoms with van der Waals surface area (Å²) in [7, 11) is 0. The van der Waals surface area contributed by atoms with Crippen LogP contribution in [0.25, 0.3) is 0 Å². The van der Waals surface area contributed by atoms with Crippen molar-refractivity contribution in [2.75, 3.05) is 11.9 Å². The summed E-state index contributed by atoms with van der Waals surface area (Å²) in [6.45, 7) is 2.18. The number of hydrogen-bond acceptors (Lipinski definition) is 7. The largest absolute Gasteiger partial charge is 0.454 e. The molecule has 2 aromatic carbocycles. The lowest BCUT2D eigenvalue weighted by atomic mass is 10.3. The Labute approximate surface area is 182 Å². The molecule has 1 amide bonds. The van der Waals surface area contributed by atoms with Gasteiger partial charge in [0.05, 0.1) is 10.6 Å². The molecule has 1 aromatic heterocycles. The minimum Gasteiger partial charge on any atom is -0.454 e. The molecule has 1 N–H and O–H groups in total. The van der Waals surface area contributed by atoms with Gasteiger partial charge in [0, 0.05) is 9.79 Å². The van der Waals surface area contributed by atoms with Gasteiger partial charge in [-0.1, -0.05) is 42.1 Å². The van der Waals surface area contributed by atoms with E-state index in [9.17, 15) is 19.7 Å². The number of aromatic nitrogens is 2. The molecule has 3 aromatic rings. The van der Waals surface area contributed by atoms with Crippen LogP contribution in [0.5, 0.6) is 0 Å². The lowest BCUT2D eigenvalue weighted by Gasteiger charge is -2.11. The Morgan fingerprint density at radius 3 is 2.48 bits per heavy atom. The number of benzene rings is 2. The zero-order chi connectivity index (χ0) is 22.4. The minimum atomic E-state index is -0.720. The number of carbonyl (C=O) groups is 2. The number of aryl methyl sites for hydroxylation is 1. The van der Waals surface area contributed by atoms with Crippen molar-refractivity contribution in [3.8, 4) is 0 Å². The molecule has 1 heterocycles. The Hall–Kier alpha value is -3.66. The predicted molar refractivity (Wildman–Crippen MR) is 115 cm³/mol. The summed E-state index contributed by atoms with van der Waals surface area (Å²) >= 11 is 1.50. The van der Waals surface area contributed by atoms with Crippen LogP contribution in [0.2, 0.25) is 0 Å². The second kappa shape index (κ2) is 9.90. The molecular weight excluding hydrogens is 420 g/mol. The van der Waals surface area contributed by atoms with Gasteiger partial charge in [-0.15, -0.1) is 0 Å². The van der Waals surface area contributed by atoms with E-state index in [2.05, 4.69) is 10.4 Å². The van der Waals surface area contributed by atoms with Crippen LogP contribution in [0.3, 0.4) is 0 Å². The minimum absolute atomic E-state index is 0.141. The highest BCUT2D eigenvalue weighted by Crippen LogP contribution is 2.33. The molecule has 10 heteroatoms. The summed E-state index contributed by atoms with van der Waals surface area (Å²) in [4.78, 5) is 36.7. The fourth-order valence-electron chi connectivity index (χ4n) is 2.88. The molecule has 0 aliphatic carbocycles. The van der Waals surface area contributed by atoms with E-state index in [0.717, 1.165) is 9.79 Å². The molecule has 0 spiro atoms. The van der Waals surface area contributed by atoms with Crippen molar-refractivity contribution in [2.24, 2.45) is 0 Å². The molecule has 0 aliphatic heterocycles. The second-order valence-corrected chi connectivity index (χ2v) is 7.67. The van der Waals surface area contributed by atoms with Gasteiger partial charge >= 0.3 is 11.7 Å². The Morgan fingerprint density at radius 2 is 1.81 bits per heavy atom. The highest BCUT2D eigenvalue weighted by molar-refractivity contribution is 7.99. The fourth-order valence-corrected chi connectivity index (χ4v) is 3.80. The second-order valence-electron chi connectivity index (χ2n) is 6.55.